The molecule has 0 aliphatic rings. The molecule has 0 saturated carbocycles. The number of nitrogens with zero attached hydrogens (tertiary/aromatic N) is 1. The van der Waals surface area contributed by atoms with E-state index in [1.54, 1.807) is 12.3 Å². The second-order valence-electron chi connectivity index (χ2n) is 4.85. The third-order valence-corrected chi connectivity index (χ3v) is 4.32. The molecule has 0 atom stereocenters. The molecule has 0 radical (unpaired) electrons. The first-order valence-corrected chi connectivity index (χ1v) is 8.14. The van der Waals surface area contributed by atoms with Gasteiger partial charge in [0.1, 0.15) is 0 Å². The normalized spacial score (nSPS) is 11.5. The predicted molar refractivity (Wildman–Crippen MR) is 82.2 cm³/mol. The smallest absolute Gasteiger partial charge is 0.258 e. The Hall–Kier alpha value is -1.76. The first-order valence-electron chi connectivity index (χ1n) is 6.66. The maximum Gasteiger partial charge on any atom is 0.258 e. The molecule has 1 aromatic heterocycles. The van der Waals surface area contributed by atoms with E-state index < -0.39 is 10.0 Å². The van der Waals surface area contributed by atoms with Gasteiger partial charge in [0.25, 0.3) is 10.0 Å². The summed E-state index contributed by atoms with van der Waals surface area (Å²) in [5.41, 5.74) is 2.96. The van der Waals surface area contributed by atoms with E-state index >= 15 is 0 Å². The Morgan fingerprint density at radius 1 is 1.10 bits per heavy atom. The molecule has 21 heavy (non-hydrogen) atoms. The van der Waals surface area contributed by atoms with E-state index in [1.807, 2.05) is 38.2 Å². The van der Waals surface area contributed by atoms with E-state index in [0.29, 0.717) is 6.54 Å². The molecule has 2 N–H and O–H groups in total. The summed E-state index contributed by atoms with van der Waals surface area (Å²) in [4.78, 5) is 4.01. The fourth-order valence-electron chi connectivity index (χ4n) is 1.95. The van der Waals surface area contributed by atoms with Crippen molar-refractivity contribution in [1.82, 2.24) is 15.0 Å². The lowest BCUT2D eigenvalue weighted by atomic mass is 10.1. The van der Waals surface area contributed by atoms with Crippen LogP contribution in [-0.4, -0.2) is 20.4 Å². The molecule has 6 heteroatoms. The molecule has 0 spiro atoms. The summed E-state index contributed by atoms with van der Waals surface area (Å²) in [6.07, 6.45) is 1.57. The topological polar surface area (TPSA) is 71.1 Å². The lowest BCUT2D eigenvalue weighted by molar-refractivity contribution is 0.577. The molecule has 0 bridgehead atoms. The minimum absolute atomic E-state index is 0.0370. The maximum absolute atomic E-state index is 12.2. The average Bonchev–Trinajstić information content (AvgIpc) is 2.46. The van der Waals surface area contributed by atoms with Crippen LogP contribution in [0.1, 0.15) is 16.7 Å². The van der Waals surface area contributed by atoms with Crippen molar-refractivity contribution in [3.05, 3.63) is 59.3 Å². The van der Waals surface area contributed by atoms with Crippen LogP contribution in [0, 0.1) is 6.92 Å². The van der Waals surface area contributed by atoms with Gasteiger partial charge in [0.05, 0.1) is 0 Å². The van der Waals surface area contributed by atoms with Crippen molar-refractivity contribution >= 4 is 10.0 Å². The Labute approximate surface area is 125 Å². The van der Waals surface area contributed by atoms with Gasteiger partial charge in [-0.1, -0.05) is 35.9 Å². The van der Waals surface area contributed by atoms with Gasteiger partial charge in [0.15, 0.2) is 5.03 Å². The summed E-state index contributed by atoms with van der Waals surface area (Å²) >= 11 is 0. The molecule has 1 heterocycles. The van der Waals surface area contributed by atoms with Crippen LogP contribution < -0.4 is 10.0 Å². The first-order chi connectivity index (χ1) is 10.0. The van der Waals surface area contributed by atoms with Gasteiger partial charge in [-0.15, -0.1) is 0 Å². The van der Waals surface area contributed by atoms with Gasteiger partial charge in [-0.3, -0.25) is 0 Å². The van der Waals surface area contributed by atoms with Crippen molar-refractivity contribution < 1.29 is 8.42 Å². The number of pyridine rings is 1. The zero-order valence-corrected chi connectivity index (χ0v) is 12.9. The van der Waals surface area contributed by atoms with Gasteiger partial charge in [-0.25, -0.2) is 18.1 Å². The molecular weight excluding hydrogens is 286 g/mol. The Kier molecular flexibility index (Phi) is 5.06. The van der Waals surface area contributed by atoms with Crippen molar-refractivity contribution in [1.29, 1.82) is 0 Å². The highest BCUT2D eigenvalue weighted by Gasteiger charge is 2.15. The minimum Gasteiger partial charge on any atom is -0.316 e. The summed E-state index contributed by atoms with van der Waals surface area (Å²) in [5, 5.41) is 3.03. The Morgan fingerprint density at radius 2 is 1.90 bits per heavy atom. The largest absolute Gasteiger partial charge is 0.316 e. The Bertz CT molecular complexity index is 697. The highest BCUT2D eigenvalue weighted by molar-refractivity contribution is 7.89. The number of rotatable bonds is 6. The zero-order chi connectivity index (χ0) is 15.3. The van der Waals surface area contributed by atoms with E-state index in [2.05, 4.69) is 15.0 Å². The monoisotopic (exact) mass is 305 g/mol. The molecule has 2 rings (SSSR count). The average molecular weight is 305 g/mol. The second-order valence-corrected chi connectivity index (χ2v) is 6.56. The number of sulfonamides is 1. The lowest BCUT2D eigenvalue weighted by Crippen LogP contribution is -2.24. The first kappa shape index (κ1) is 15.6. The van der Waals surface area contributed by atoms with Gasteiger partial charge in [-0.05, 0) is 31.2 Å². The van der Waals surface area contributed by atoms with Crippen LogP contribution in [0.25, 0.3) is 0 Å². The fraction of sp³-hybridized carbons (Fsp3) is 0.267. The number of aryl methyl sites for hydroxylation is 1. The van der Waals surface area contributed by atoms with E-state index in [0.717, 1.165) is 16.7 Å². The van der Waals surface area contributed by atoms with E-state index in [1.165, 1.54) is 6.07 Å². The van der Waals surface area contributed by atoms with Gasteiger partial charge in [0.2, 0.25) is 0 Å². The molecule has 0 unspecified atom stereocenters. The van der Waals surface area contributed by atoms with Crippen LogP contribution in [0.3, 0.4) is 0 Å². The third-order valence-electron chi connectivity index (χ3n) is 3.00. The van der Waals surface area contributed by atoms with Crippen molar-refractivity contribution in [3.63, 3.8) is 0 Å². The second kappa shape index (κ2) is 6.80. The quantitative estimate of drug-likeness (QED) is 0.850. The number of benzene rings is 1. The van der Waals surface area contributed by atoms with Gasteiger partial charge >= 0.3 is 0 Å². The van der Waals surface area contributed by atoms with Crippen LogP contribution in [0.2, 0.25) is 0 Å². The molecule has 0 saturated heterocycles. The Morgan fingerprint density at radius 3 is 2.52 bits per heavy atom. The van der Waals surface area contributed by atoms with Crippen molar-refractivity contribution in [2.75, 3.05) is 7.05 Å². The molecule has 0 aliphatic heterocycles. The standard InChI is InChI=1S/C15H19N3O2S/c1-12-4-3-5-13(8-12)11-18-21(19,20)15-7-6-14(9-16-2)10-17-15/h3-8,10,16,18H,9,11H2,1-2H3. The van der Waals surface area contributed by atoms with Gasteiger partial charge in [0, 0.05) is 19.3 Å². The van der Waals surface area contributed by atoms with E-state index in [4.69, 9.17) is 0 Å². The van der Waals surface area contributed by atoms with Crippen molar-refractivity contribution in [3.8, 4) is 0 Å². The van der Waals surface area contributed by atoms with Crippen molar-refractivity contribution in [2.24, 2.45) is 0 Å². The predicted octanol–water partition coefficient (Wildman–Crippen LogP) is 1.59. The molecular formula is C15H19N3O2S. The van der Waals surface area contributed by atoms with Gasteiger partial charge in [-0.2, -0.15) is 0 Å². The summed E-state index contributed by atoms with van der Waals surface area (Å²) < 4.78 is 26.9. The van der Waals surface area contributed by atoms with Crippen LogP contribution in [0.5, 0.6) is 0 Å². The minimum atomic E-state index is -3.58. The highest BCUT2D eigenvalue weighted by atomic mass is 32.2. The van der Waals surface area contributed by atoms with Crippen LogP contribution in [-0.2, 0) is 23.1 Å². The molecule has 0 aliphatic carbocycles. The zero-order valence-electron chi connectivity index (χ0n) is 12.1. The van der Waals surface area contributed by atoms with E-state index in [9.17, 15) is 8.42 Å². The van der Waals surface area contributed by atoms with Gasteiger partial charge < -0.3 is 5.32 Å². The molecule has 0 amide bonds. The summed E-state index contributed by atoms with van der Waals surface area (Å²) in [6, 6.07) is 11.0. The molecule has 0 fully saturated rings. The summed E-state index contributed by atoms with van der Waals surface area (Å²) in [6.45, 7) is 2.88. The fourth-order valence-corrected chi connectivity index (χ4v) is 2.90. The van der Waals surface area contributed by atoms with Crippen LogP contribution in [0.15, 0.2) is 47.6 Å². The SMILES string of the molecule is CNCc1ccc(S(=O)(=O)NCc2cccc(C)c2)nc1. The lowest BCUT2D eigenvalue weighted by Gasteiger charge is -2.07. The Balaban J connectivity index is 2.07. The molecule has 5 nitrogen and oxygen atoms in total. The number of hydrogen-bond donors (Lipinski definition) is 2. The summed E-state index contributed by atoms with van der Waals surface area (Å²) in [5.74, 6) is 0. The number of aromatic nitrogens is 1. The summed E-state index contributed by atoms with van der Waals surface area (Å²) in [7, 11) is -1.76. The third kappa shape index (κ3) is 4.35. The molecule has 2 aromatic rings. The van der Waals surface area contributed by atoms with Crippen molar-refractivity contribution in [2.45, 2.75) is 25.0 Å². The van der Waals surface area contributed by atoms with E-state index in [-0.39, 0.29) is 11.6 Å². The molecule has 112 valence electrons. The highest BCUT2D eigenvalue weighted by Crippen LogP contribution is 2.09. The van der Waals surface area contributed by atoms with Crippen LogP contribution in [0.4, 0.5) is 0 Å². The number of nitrogens with one attached hydrogen (secondary N) is 2. The van der Waals surface area contributed by atoms with Crippen LogP contribution >= 0.6 is 0 Å². The number of hydrogen-bond acceptors (Lipinski definition) is 4. The molecule has 1 aromatic carbocycles. The maximum atomic E-state index is 12.2.